The minimum atomic E-state index is -0.696. The van der Waals surface area contributed by atoms with Gasteiger partial charge in [0.05, 0.1) is 12.6 Å². The second kappa shape index (κ2) is 12.7. The van der Waals surface area contributed by atoms with E-state index in [0.29, 0.717) is 12.8 Å². The monoisotopic (exact) mass is 442 g/mol. The van der Waals surface area contributed by atoms with Crippen LogP contribution in [0, 0.1) is 5.92 Å². The smallest absolute Gasteiger partial charge is 0.408 e. The van der Waals surface area contributed by atoms with Crippen molar-refractivity contribution in [3.8, 4) is 0 Å². The zero-order valence-corrected chi connectivity index (χ0v) is 17.9. The molecule has 2 atom stereocenters. The highest BCUT2D eigenvalue weighted by Gasteiger charge is 2.24. The molecule has 2 amide bonds. The van der Waals surface area contributed by atoms with Gasteiger partial charge in [0, 0.05) is 4.47 Å². The highest BCUT2D eigenvalue weighted by molar-refractivity contribution is 9.10. The van der Waals surface area contributed by atoms with Crippen LogP contribution < -0.4 is 10.6 Å². The van der Waals surface area contributed by atoms with E-state index in [0.717, 1.165) is 22.9 Å². The first-order valence-corrected chi connectivity index (χ1v) is 10.2. The third-order valence-corrected chi connectivity index (χ3v) is 4.60. The lowest BCUT2D eigenvalue weighted by Crippen LogP contribution is -2.51. The van der Waals surface area contributed by atoms with E-state index < -0.39 is 12.1 Å². The number of carbonyl (C=O) groups excluding carboxylic acids is 2. The van der Waals surface area contributed by atoms with Crippen LogP contribution >= 0.6 is 15.9 Å². The van der Waals surface area contributed by atoms with Gasteiger partial charge in [-0.05, 0) is 36.5 Å². The Labute approximate surface area is 170 Å². The number of rotatable bonds is 11. The Kier molecular flexibility index (Phi) is 11.0. The Bertz CT molecular complexity index is 578. The lowest BCUT2D eigenvalue weighted by Gasteiger charge is -2.23. The summed E-state index contributed by atoms with van der Waals surface area (Å²) in [6.45, 7) is 6.03. The van der Waals surface area contributed by atoms with Crippen molar-refractivity contribution in [1.29, 1.82) is 0 Å². The molecule has 0 spiro atoms. The first-order chi connectivity index (χ1) is 12.8. The number of aliphatic hydroxyl groups is 1. The molecule has 0 fully saturated rings. The average Bonchev–Trinajstić information content (AvgIpc) is 2.63. The lowest BCUT2D eigenvalue weighted by atomic mass is 10.0. The number of hydrogen-bond acceptors (Lipinski definition) is 4. The normalized spacial score (nSPS) is 13.1. The highest BCUT2D eigenvalue weighted by atomic mass is 79.9. The fourth-order valence-corrected chi connectivity index (χ4v) is 2.84. The van der Waals surface area contributed by atoms with Gasteiger partial charge in [-0.15, -0.1) is 0 Å². The number of aliphatic hydroxyl groups excluding tert-OH is 1. The topological polar surface area (TPSA) is 87.7 Å². The molecule has 27 heavy (non-hydrogen) atoms. The minimum absolute atomic E-state index is 0.117. The summed E-state index contributed by atoms with van der Waals surface area (Å²) in [5, 5.41) is 14.9. The molecule has 1 rings (SSSR count). The maximum Gasteiger partial charge on any atom is 0.408 e. The van der Waals surface area contributed by atoms with Crippen molar-refractivity contribution in [3.05, 3.63) is 34.3 Å². The molecule has 7 heteroatoms. The zero-order chi connectivity index (χ0) is 20.2. The van der Waals surface area contributed by atoms with Crippen molar-refractivity contribution in [2.24, 2.45) is 5.92 Å². The SMILES string of the molecule is CCCC[C@@H](CO)NC(=O)[C@H](CC(C)C)NC(=O)OCc1ccc(Br)cc1. The first kappa shape index (κ1) is 23.4. The van der Waals surface area contributed by atoms with E-state index in [-0.39, 0.29) is 31.1 Å². The van der Waals surface area contributed by atoms with Crippen LogP contribution in [0.1, 0.15) is 52.0 Å². The van der Waals surface area contributed by atoms with Gasteiger partial charge in [-0.3, -0.25) is 4.79 Å². The fraction of sp³-hybridized carbons (Fsp3) is 0.600. The van der Waals surface area contributed by atoms with E-state index in [2.05, 4.69) is 33.5 Å². The van der Waals surface area contributed by atoms with Crippen LogP contribution in [0.25, 0.3) is 0 Å². The van der Waals surface area contributed by atoms with Gasteiger partial charge in [-0.2, -0.15) is 0 Å². The predicted octanol–water partition coefficient (Wildman–Crippen LogP) is 3.76. The Morgan fingerprint density at radius 1 is 1.19 bits per heavy atom. The summed E-state index contributed by atoms with van der Waals surface area (Å²) in [6.07, 6.45) is 2.48. The third kappa shape index (κ3) is 9.77. The van der Waals surface area contributed by atoms with Crippen molar-refractivity contribution < 1.29 is 19.4 Å². The number of ether oxygens (including phenoxy) is 1. The van der Waals surface area contributed by atoms with Crippen molar-refractivity contribution >= 4 is 27.9 Å². The summed E-state index contributed by atoms with van der Waals surface area (Å²) in [6, 6.07) is 6.46. The quantitative estimate of drug-likeness (QED) is 0.486. The number of halogens is 1. The van der Waals surface area contributed by atoms with Crippen LogP contribution in [-0.4, -0.2) is 35.8 Å². The Hall–Kier alpha value is -1.60. The molecule has 152 valence electrons. The number of alkyl carbamates (subject to hydrolysis) is 1. The second-order valence-corrected chi connectivity index (χ2v) is 7.98. The number of amides is 2. The number of hydrogen-bond donors (Lipinski definition) is 3. The molecule has 0 saturated heterocycles. The Balaban J connectivity index is 2.59. The minimum Gasteiger partial charge on any atom is -0.445 e. The van der Waals surface area contributed by atoms with Crippen LogP contribution in [0.15, 0.2) is 28.7 Å². The van der Waals surface area contributed by atoms with Gasteiger partial charge in [-0.1, -0.05) is 61.7 Å². The van der Waals surface area contributed by atoms with Gasteiger partial charge in [0.2, 0.25) is 5.91 Å². The summed E-state index contributed by atoms with van der Waals surface area (Å²) in [5.74, 6) is -0.0739. The molecule has 0 aliphatic heterocycles. The number of unbranched alkanes of at least 4 members (excludes halogenated alkanes) is 1. The Morgan fingerprint density at radius 3 is 2.41 bits per heavy atom. The molecular formula is C20H31BrN2O4. The summed E-state index contributed by atoms with van der Waals surface area (Å²) in [4.78, 5) is 24.7. The zero-order valence-electron chi connectivity index (χ0n) is 16.3. The van der Waals surface area contributed by atoms with Crippen LogP contribution in [0.4, 0.5) is 4.79 Å². The molecule has 0 aliphatic carbocycles. The molecule has 0 radical (unpaired) electrons. The molecule has 0 saturated carbocycles. The van der Waals surface area contributed by atoms with Gasteiger partial charge in [0.15, 0.2) is 0 Å². The highest BCUT2D eigenvalue weighted by Crippen LogP contribution is 2.12. The molecule has 0 heterocycles. The molecule has 3 N–H and O–H groups in total. The third-order valence-electron chi connectivity index (χ3n) is 4.07. The summed E-state index contributed by atoms with van der Waals surface area (Å²) in [7, 11) is 0. The first-order valence-electron chi connectivity index (χ1n) is 9.44. The van der Waals surface area contributed by atoms with E-state index in [4.69, 9.17) is 4.74 Å². The fourth-order valence-electron chi connectivity index (χ4n) is 2.58. The van der Waals surface area contributed by atoms with E-state index in [9.17, 15) is 14.7 Å². The second-order valence-electron chi connectivity index (χ2n) is 7.06. The molecular weight excluding hydrogens is 412 g/mol. The molecule has 6 nitrogen and oxygen atoms in total. The molecule has 0 unspecified atom stereocenters. The molecule has 0 aromatic heterocycles. The van der Waals surface area contributed by atoms with Gasteiger partial charge < -0.3 is 20.5 Å². The van der Waals surface area contributed by atoms with Crippen LogP contribution in [0.3, 0.4) is 0 Å². The van der Waals surface area contributed by atoms with E-state index in [1.54, 1.807) is 0 Å². The maximum absolute atomic E-state index is 12.6. The lowest BCUT2D eigenvalue weighted by molar-refractivity contribution is -0.124. The number of carbonyl (C=O) groups is 2. The van der Waals surface area contributed by atoms with Gasteiger partial charge in [0.1, 0.15) is 12.6 Å². The van der Waals surface area contributed by atoms with Gasteiger partial charge in [0.25, 0.3) is 0 Å². The van der Waals surface area contributed by atoms with Crippen molar-refractivity contribution in [2.45, 2.75) is 65.1 Å². The molecule has 0 bridgehead atoms. The molecule has 1 aromatic carbocycles. The number of benzene rings is 1. The maximum atomic E-state index is 12.6. The van der Waals surface area contributed by atoms with Crippen molar-refractivity contribution in [1.82, 2.24) is 10.6 Å². The summed E-state index contributed by atoms with van der Waals surface area (Å²) < 4.78 is 6.18. The van der Waals surface area contributed by atoms with Crippen LogP contribution in [0.5, 0.6) is 0 Å². The summed E-state index contributed by atoms with van der Waals surface area (Å²) in [5.41, 5.74) is 0.859. The van der Waals surface area contributed by atoms with E-state index in [1.807, 2.05) is 38.1 Å². The summed E-state index contributed by atoms with van der Waals surface area (Å²) >= 11 is 3.36. The number of nitrogens with one attached hydrogen (secondary N) is 2. The molecule has 0 aliphatic rings. The van der Waals surface area contributed by atoms with Crippen LogP contribution in [0.2, 0.25) is 0 Å². The van der Waals surface area contributed by atoms with E-state index in [1.165, 1.54) is 0 Å². The Morgan fingerprint density at radius 2 is 1.85 bits per heavy atom. The standard InChI is InChI=1S/C20H31BrN2O4/c1-4-5-6-17(12-24)22-19(25)18(11-14(2)3)23-20(26)27-13-15-7-9-16(21)10-8-15/h7-10,14,17-18,24H,4-6,11-13H2,1-3H3,(H,22,25)(H,23,26)/t17-,18-/m0/s1. The van der Waals surface area contributed by atoms with Crippen molar-refractivity contribution in [3.63, 3.8) is 0 Å². The van der Waals surface area contributed by atoms with E-state index >= 15 is 0 Å². The van der Waals surface area contributed by atoms with Gasteiger partial charge >= 0.3 is 6.09 Å². The van der Waals surface area contributed by atoms with Gasteiger partial charge in [-0.25, -0.2) is 4.79 Å². The predicted molar refractivity (Wildman–Crippen MR) is 109 cm³/mol. The van der Waals surface area contributed by atoms with Crippen LogP contribution in [-0.2, 0) is 16.1 Å². The molecule has 1 aromatic rings. The van der Waals surface area contributed by atoms with Crippen molar-refractivity contribution in [2.75, 3.05) is 6.61 Å². The average molecular weight is 443 g/mol. The largest absolute Gasteiger partial charge is 0.445 e.